The molecular formula is C14H23ClN2O2S. The maximum absolute atomic E-state index is 12.2. The molecule has 1 rings (SSSR count). The van der Waals surface area contributed by atoms with Crippen molar-refractivity contribution in [3.63, 3.8) is 0 Å². The fraction of sp³-hybridized carbons (Fsp3) is 0.571. The molecule has 0 fully saturated rings. The van der Waals surface area contributed by atoms with Gasteiger partial charge in [0.1, 0.15) is 4.90 Å². The van der Waals surface area contributed by atoms with E-state index in [-0.39, 0.29) is 9.92 Å². The number of hydrogen-bond donors (Lipinski definition) is 2. The minimum atomic E-state index is -3.54. The SMILES string of the molecule is CNCc1ccc(Cl)c(S(=O)(=O)NCCCC(C)C)c1. The minimum absolute atomic E-state index is 0.150. The first kappa shape index (κ1) is 17.4. The second-order valence-electron chi connectivity index (χ2n) is 5.23. The molecule has 1 aromatic carbocycles. The van der Waals surface area contributed by atoms with Crippen LogP contribution in [-0.4, -0.2) is 22.0 Å². The number of sulfonamides is 1. The average Bonchev–Trinajstić information content (AvgIpc) is 2.37. The van der Waals surface area contributed by atoms with Gasteiger partial charge in [-0.25, -0.2) is 13.1 Å². The molecule has 0 bridgehead atoms. The summed E-state index contributed by atoms with van der Waals surface area (Å²) in [4.78, 5) is 0.150. The molecule has 20 heavy (non-hydrogen) atoms. The quantitative estimate of drug-likeness (QED) is 0.725. The Kier molecular flexibility index (Phi) is 6.95. The molecule has 0 atom stereocenters. The van der Waals surface area contributed by atoms with Gasteiger partial charge in [0.15, 0.2) is 0 Å². The topological polar surface area (TPSA) is 58.2 Å². The molecule has 0 radical (unpaired) electrons. The lowest BCUT2D eigenvalue weighted by atomic mass is 10.1. The standard InChI is InChI=1S/C14H23ClN2O2S/c1-11(2)5-4-8-17-20(18,19)14-9-12(10-16-3)6-7-13(14)15/h6-7,9,11,16-17H,4-5,8,10H2,1-3H3. The Hall–Kier alpha value is -0.620. The highest BCUT2D eigenvalue weighted by Crippen LogP contribution is 2.22. The zero-order valence-corrected chi connectivity index (χ0v) is 13.8. The van der Waals surface area contributed by atoms with Crippen molar-refractivity contribution in [2.24, 2.45) is 5.92 Å². The number of rotatable bonds is 8. The fourth-order valence-corrected chi connectivity index (χ4v) is 3.48. The maximum atomic E-state index is 12.2. The van der Waals surface area contributed by atoms with Crippen LogP contribution in [0.3, 0.4) is 0 Å². The van der Waals surface area contributed by atoms with E-state index in [1.54, 1.807) is 12.1 Å². The summed E-state index contributed by atoms with van der Waals surface area (Å²) >= 11 is 6.00. The highest BCUT2D eigenvalue weighted by molar-refractivity contribution is 7.89. The van der Waals surface area contributed by atoms with Gasteiger partial charge in [-0.15, -0.1) is 0 Å². The van der Waals surface area contributed by atoms with Crippen LogP contribution in [0, 0.1) is 5.92 Å². The first-order valence-corrected chi connectivity index (χ1v) is 8.65. The first-order chi connectivity index (χ1) is 9.36. The smallest absolute Gasteiger partial charge is 0.242 e. The highest BCUT2D eigenvalue weighted by atomic mass is 35.5. The summed E-state index contributed by atoms with van der Waals surface area (Å²) in [6, 6.07) is 5.05. The molecule has 0 saturated carbocycles. The summed E-state index contributed by atoms with van der Waals surface area (Å²) in [5.41, 5.74) is 0.888. The lowest BCUT2D eigenvalue weighted by molar-refractivity contribution is 0.540. The van der Waals surface area contributed by atoms with Crippen LogP contribution in [0.1, 0.15) is 32.3 Å². The van der Waals surface area contributed by atoms with Crippen LogP contribution >= 0.6 is 11.6 Å². The van der Waals surface area contributed by atoms with Crippen LogP contribution in [0.4, 0.5) is 0 Å². The van der Waals surface area contributed by atoms with E-state index < -0.39 is 10.0 Å². The third-order valence-corrected chi connectivity index (χ3v) is 4.86. The molecule has 0 aliphatic heterocycles. The van der Waals surface area contributed by atoms with Crippen molar-refractivity contribution in [3.8, 4) is 0 Å². The molecule has 114 valence electrons. The molecular weight excluding hydrogens is 296 g/mol. The second-order valence-corrected chi connectivity index (χ2v) is 7.37. The van der Waals surface area contributed by atoms with Crippen LogP contribution in [0.2, 0.25) is 5.02 Å². The van der Waals surface area contributed by atoms with Gasteiger partial charge in [0.25, 0.3) is 0 Å². The Bertz CT molecular complexity index is 530. The highest BCUT2D eigenvalue weighted by Gasteiger charge is 2.17. The van der Waals surface area contributed by atoms with E-state index in [4.69, 9.17) is 11.6 Å². The van der Waals surface area contributed by atoms with Gasteiger partial charge in [-0.3, -0.25) is 0 Å². The lowest BCUT2D eigenvalue weighted by Crippen LogP contribution is -2.25. The van der Waals surface area contributed by atoms with E-state index in [1.165, 1.54) is 0 Å². The molecule has 0 unspecified atom stereocenters. The Morgan fingerprint density at radius 2 is 2.00 bits per heavy atom. The number of hydrogen-bond acceptors (Lipinski definition) is 3. The third-order valence-electron chi connectivity index (χ3n) is 2.92. The summed E-state index contributed by atoms with van der Waals surface area (Å²) < 4.78 is 27.1. The molecule has 1 aromatic rings. The van der Waals surface area contributed by atoms with Crippen molar-refractivity contribution < 1.29 is 8.42 Å². The van der Waals surface area contributed by atoms with Crippen molar-refractivity contribution >= 4 is 21.6 Å². The third kappa shape index (κ3) is 5.40. The zero-order valence-electron chi connectivity index (χ0n) is 12.2. The van der Waals surface area contributed by atoms with E-state index in [1.807, 2.05) is 13.1 Å². The largest absolute Gasteiger partial charge is 0.316 e. The molecule has 6 heteroatoms. The van der Waals surface area contributed by atoms with Crippen molar-refractivity contribution in [1.29, 1.82) is 0 Å². The molecule has 0 spiro atoms. The summed E-state index contributed by atoms with van der Waals surface area (Å²) in [5, 5.41) is 3.24. The predicted octanol–water partition coefficient (Wildman–Crippen LogP) is 2.77. The van der Waals surface area contributed by atoms with Gasteiger partial charge in [0, 0.05) is 13.1 Å². The number of halogens is 1. The van der Waals surface area contributed by atoms with Crippen LogP contribution in [-0.2, 0) is 16.6 Å². The van der Waals surface area contributed by atoms with E-state index >= 15 is 0 Å². The van der Waals surface area contributed by atoms with Crippen molar-refractivity contribution in [1.82, 2.24) is 10.0 Å². The summed E-state index contributed by atoms with van der Waals surface area (Å²) in [6.45, 7) is 5.28. The van der Waals surface area contributed by atoms with Gasteiger partial charge in [-0.05, 0) is 43.5 Å². The van der Waals surface area contributed by atoms with Crippen molar-refractivity contribution in [3.05, 3.63) is 28.8 Å². The van der Waals surface area contributed by atoms with Crippen molar-refractivity contribution in [2.45, 2.75) is 38.1 Å². The normalized spacial score (nSPS) is 12.1. The summed E-state index contributed by atoms with van der Waals surface area (Å²) in [6.07, 6.45) is 1.82. The Balaban J connectivity index is 2.78. The molecule has 2 N–H and O–H groups in total. The molecule has 0 aromatic heterocycles. The first-order valence-electron chi connectivity index (χ1n) is 6.79. The summed E-state index contributed by atoms with van der Waals surface area (Å²) in [7, 11) is -1.73. The van der Waals surface area contributed by atoms with E-state index in [0.717, 1.165) is 18.4 Å². The molecule has 0 saturated heterocycles. The predicted molar refractivity (Wildman–Crippen MR) is 83.5 cm³/mol. The van der Waals surface area contributed by atoms with Crippen LogP contribution < -0.4 is 10.0 Å². The Labute approximate surface area is 127 Å². The van der Waals surface area contributed by atoms with Crippen LogP contribution in [0.15, 0.2) is 23.1 Å². The minimum Gasteiger partial charge on any atom is -0.316 e. The molecule has 0 heterocycles. The van der Waals surface area contributed by atoms with Gasteiger partial charge in [-0.2, -0.15) is 0 Å². The molecule has 4 nitrogen and oxygen atoms in total. The van der Waals surface area contributed by atoms with Crippen LogP contribution in [0.25, 0.3) is 0 Å². The lowest BCUT2D eigenvalue weighted by Gasteiger charge is -2.11. The van der Waals surface area contributed by atoms with Gasteiger partial charge >= 0.3 is 0 Å². The maximum Gasteiger partial charge on any atom is 0.242 e. The van der Waals surface area contributed by atoms with Crippen molar-refractivity contribution in [2.75, 3.05) is 13.6 Å². The van der Waals surface area contributed by atoms with Gasteiger partial charge in [0.05, 0.1) is 5.02 Å². The molecule has 0 aliphatic carbocycles. The van der Waals surface area contributed by atoms with E-state index in [2.05, 4.69) is 23.9 Å². The monoisotopic (exact) mass is 318 g/mol. The van der Waals surface area contributed by atoms with E-state index in [9.17, 15) is 8.42 Å². The Morgan fingerprint density at radius 1 is 1.30 bits per heavy atom. The van der Waals surface area contributed by atoms with Gasteiger partial charge in [-0.1, -0.05) is 31.5 Å². The second kappa shape index (κ2) is 7.98. The summed E-state index contributed by atoms with van der Waals surface area (Å²) in [5.74, 6) is 0.571. The van der Waals surface area contributed by atoms with E-state index in [0.29, 0.717) is 19.0 Å². The molecule has 0 amide bonds. The molecule has 0 aliphatic rings. The van der Waals surface area contributed by atoms with Gasteiger partial charge < -0.3 is 5.32 Å². The number of benzene rings is 1. The number of nitrogens with one attached hydrogen (secondary N) is 2. The fourth-order valence-electron chi connectivity index (χ4n) is 1.86. The zero-order chi connectivity index (χ0) is 15.2. The van der Waals surface area contributed by atoms with Crippen LogP contribution in [0.5, 0.6) is 0 Å². The average molecular weight is 319 g/mol. The Morgan fingerprint density at radius 3 is 2.60 bits per heavy atom. The van der Waals surface area contributed by atoms with Gasteiger partial charge in [0.2, 0.25) is 10.0 Å².